The molecule has 0 aliphatic carbocycles. The smallest absolute Gasteiger partial charge is 0.311 e. The van der Waals surface area contributed by atoms with E-state index in [1.807, 2.05) is 29.9 Å². The van der Waals surface area contributed by atoms with Crippen molar-refractivity contribution in [2.24, 2.45) is 18.4 Å². The van der Waals surface area contributed by atoms with Gasteiger partial charge in [-0.05, 0) is 18.6 Å². The molecule has 128 valence electrons. The summed E-state index contributed by atoms with van der Waals surface area (Å²) in [6.07, 6.45) is 0.577. The minimum absolute atomic E-state index is 0.0363. The van der Waals surface area contributed by atoms with Gasteiger partial charge in [-0.15, -0.1) is 0 Å². The molecular weight excluding hydrogens is 330 g/mol. The van der Waals surface area contributed by atoms with Crippen LogP contribution in [0.2, 0.25) is 5.02 Å². The summed E-state index contributed by atoms with van der Waals surface area (Å²) in [6, 6.07) is 5.77. The Hall–Kier alpha value is -1.63. The summed E-state index contributed by atoms with van der Waals surface area (Å²) in [5.41, 5.74) is 1.20. The van der Waals surface area contributed by atoms with E-state index in [0.717, 1.165) is 23.1 Å². The molecule has 0 saturated carbocycles. The Morgan fingerprint density at radius 2 is 2.38 bits per heavy atom. The van der Waals surface area contributed by atoms with Crippen LogP contribution in [0.3, 0.4) is 0 Å². The molecule has 6 nitrogen and oxygen atoms in total. The first-order chi connectivity index (χ1) is 11.5. The van der Waals surface area contributed by atoms with E-state index >= 15 is 0 Å². The van der Waals surface area contributed by atoms with Crippen LogP contribution in [0.1, 0.15) is 12.1 Å². The van der Waals surface area contributed by atoms with Gasteiger partial charge >= 0.3 is 5.97 Å². The van der Waals surface area contributed by atoms with Gasteiger partial charge in [0.2, 0.25) is 0 Å². The van der Waals surface area contributed by atoms with Crippen molar-refractivity contribution in [1.82, 2.24) is 14.7 Å². The lowest BCUT2D eigenvalue weighted by Gasteiger charge is -2.34. The van der Waals surface area contributed by atoms with Crippen molar-refractivity contribution in [1.29, 1.82) is 0 Å². The standard InChI is InChI=1S/C17H20ClN3O3/c1-20-14-4-2-3-12(18)15(14)13(19-20)8-21-7-11-9-24-6-5-17(11,10-21)16(22)23/h2-4,11H,5-10H2,1H3,(H,22,23)/t11-,17+/m1/s1. The Balaban J connectivity index is 1.64. The number of hydrogen-bond acceptors (Lipinski definition) is 4. The van der Waals surface area contributed by atoms with Crippen LogP contribution in [-0.4, -0.2) is 52.1 Å². The number of fused-ring (bicyclic) bond motifs is 2. The predicted molar refractivity (Wildman–Crippen MR) is 90.0 cm³/mol. The van der Waals surface area contributed by atoms with Gasteiger partial charge < -0.3 is 9.84 Å². The molecule has 7 heteroatoms. The molecular formula is C17H20ClN3O3. The van der Waals surface area contributed by atoms with E-state index in [4.69, 9.17) is 16.3 Å². The molecule has 2 saturated heterocycles. The van der Waals surface area contributed by atoms with Gasteiger partial charge in [0.1, 0.15) is 0 Å². The summed E-state index contributed by atoms with van der Waals surface area (Å²) in [5.74, 6) is -0.670. The lowest BCUT2D eigenvalue weighted by molar-refractivity contribution is -0.157. The van der Waals surface area contributed by atoms with Gasteiger partial charge in [-0.2, -0.15) is 5.10 Å². The van der Waals surface area contributed by atoms with Crippen LogP contribution in [-0.2, 0) is 23.1 Å². The molecule has 2 fully saturated rings. The second kappa shape index (κ2) is 5.72. The van der Waals surface area contributed by atoms with E-state index in [2.05, 4.69) is 10.00 Å². The Morgan fingerprint density at radius 3 is 3.12 bits per heavy atom. The number of aromatic nitrogens is 2. The maximum Gasteiger partial charge on any atom is 0.311 e. The van der Waals surface area contributed by atoms with Crippen molar-refractivity contribution in [2.45, 2.75) is 13.0 Å². The molecule has 1 aromatic carbocycles. The first-order valence-electron chi connectivity index (χ1n) is 8.15. The molecule has 1 aromatic heterocycles. The SMILES string of the molecule is Cn1nc(CN2C[C@@H]3COCC[C@]3(C(=O)O)C2)c2c(Cl)cccc21. The third-order valence-electron chi connectivity index (χ3n) is 5.48. The van der Waals surface area contributed by atoms with Gasteiger partial charge in [-0.3, -0.25) is 14.4 Å². The highest BCUT2D eigenvalue weighted by atomic mass is 35.5. The van der Waals surface area contributed by atoms with Crippen molar-refractivity contribution < 1.29 is 14.6 Å². The number of rotatable bonds is 3. The molecule has 3 heterocycles. The van der Waals surface area contributed by atoms with E-state index in [-0.39, 0.29) is 5.92 Å². The number of carboxylic acids is 1. The average molecular weight is 350 g/mol. The number of carbonyl (C=O) groups is 1. The predicted octanol–water partition coefficient (Wildman–Crippen LogP) is 2.15. The second-order valence-corrected chi connectivity index (χ2v) is 7.26. The van der Waals surface area contributed by atoms with Crippen LogP contribution in [0.5, 0.6) is 0 Å². The number of aryl methyl sites for hydroxylation is 1. The quantitative estimate of drug-likeness (QED) is 0.919. The first-order valence-corrected chi connectivity index (χ1v) is 8.52. The van der Waals surface area contributed by atoms with Gasteiger partial charge in [0, 0.05) is 44.6 Å². The number of halogens is 1. The number of carboxylic acid groups (broad SMARTS) is 1. The zero-order valence-corrected chi connectivity index (χ0v) is 14.3. The van der Waals surface area contributed by atoms with E-state index in [1.165, 1.54) is 0 Å². The number of benzene rings is 1. The monoisotopic (exact) mass is 349 g/mol. The zero-order chi connectivity index (χ0) is 16.9. The maximum atomic E-state index is 11.9. The third-order valence-corrected chi connectivity index (χ3v) is 5.79. The maximum absolute atomic E-state index is 11.9. The highest BCUT2D eigenvalue weighted by Gasteiger charge is 2.53. The van der Waals surface area contributed by atoms with Crippen LogP contribution in [0, 0.1) is 11.3 Å². The summed E-state index contributed by atoms with van der Waals surface area (Å²) in [4.78, 5) is 14.1. The van der Waals surface area contributed by atoms with Crippen molar-refractivity contribution in [3.63, 3.8) is 0 Å². The van der Waals surface area contributed by atoms with Crippen molar-refractivity contribution >= 4 is 28.5 Å². The fourth-order valence-corrected chi connectivity index (χ4v) is 4.48. The molecule has 0 unspecified atom stereocenters. The lowest BCUT2D eigenvalue weighted by atomic mass is 9.74. The van der Waals surface area contributed by atoms with Gasteiger partial charge in [-0.1, -0.05) is 17.7 Å². The number of hydrogen-bond donors (Lipinski definition) is 1. The van der Waals surface area contributed by atoms with Crippen LogP contribution in [0.25, 0.3) is 10.9 Å². The van der Waals surface area contributed by atoms with Crippen LogP contribution in [0.15, 0.2) is 18.2 Å². The second-order valence-electron chi connectivity index (χ2n) is 6.86. The fraction of sp³-hybridized carbons (Fsp3) is 0.529. The summed E-state index contributed by atoms with van der Waals surface area (Å²) in [5, 5.41) is 16.0. The Bertz CT molecular complexity index is 806. The van der Waals surface area contributed by atoms with E-state index < -0.39 is 11.4 Å². The highest BCUT2D eigenvalue weighted by Crippen LogP contribution is 2.43. The molecule has 24 heavy (non-hydrogen) atoms. The summed E-state index contributed by atoms with van der Waals surface area (Å²) in [6.45, 7) is 2.90. The van der Waals surface area contributed by atoms with E-state index in [0.29, 0.717) is 37.7 Å². The van der Waals surface area contributed by atoms with Gasteiger partial charge in [0.25, 0.3) is 0 Å². The van der Waals surface area contributed by atoms with Crippen molar-refractivity contribution in [2.75, 3.05) is 26.3 Å². The number of likely N-dealkylation sites (tertiary alicyclic amines) is 1. The molecule has 2 atom stereocenters. The topological polar surface area (TPSA) is 67.6 Å². The molecule has 0 bridgehead atoms. The Morgan fingerprint density at radius 1 is 1.54 bits per heavy atom. The van der Waals surface area contributed by atoms with Crippen LogP contribution < -0.4 is 0 Å². The number of nitrogens with zero attached hydrogens (tertiary/aromatic N) is 3. The summed E-state index contributed by atoms with van der Waals surface area (Å²) >= 11 is 6.37. The fourth-order valence-electron chi connectivity index (χ4n) is 4.20. The van der Waals surface area contributed by atoms with Crippen LogP contribution >= 0.6 is 11.6 Å². The molecule has 1 N–H and O–H groups in total. The van der Waals surface area contributed by atoms with Crippen LogP contribution in [0.4, 0.5) is 0 Å². The van der Waals surface area contributed by atoms with Crippen molar-refractivity contribution in [3.05, 3.63) is 28.9 Å². The van der Waals surface area contributed by atoms with Gasteiger partial charge in [0.15, 0.2) is 0 Å². The molecule has 0 amide bonds. The third kappa shape index (κ3) is 2.32. The van der Waals surface area contributed by atoms with Gasteiger partial charge in [0.05, 0.1) is 28.3 Å². The zero-order valence-electron chi connectivity index (χ0n) is 13.5. The van der Waals surface area contributed by atoms with Crippen molar-refractivity contribution in [3.8, 4) is 0 Å². The number of ether oxygens (including phenoxy) is 1. The summed E-state index contributed by atoms with van der Waals surface area (Å²) in [7, 11) is 1.90. The van der Waals surface area contributed by atoms with E-state index in [9.17, 15) is 9.90 Å². The minimum atomic E-state index is -0.706. The normalized spacial score (nSPS) is 27.5. The summed E-state index contributed by atoms with van der Waals surface area (Å²) < 4.78 is 7.35. The Kier molecular flexibility index (Phi) is 3.78. The first kappa shape index (κ1) is 15.9. The van der Waals surface area contributed by atoms with E-state index in [1.54, 1.807) is 0 Å². The van der Waals surface area contributed by atoms with Gasteiger partial charge in [-0.25, -0.2) is 0 Å². The molecule has 2 aliphatic rings. The molecule has 0 radical (unpaired) electrons. The molecule has 2 aliphatic heterocycles. The molecule has 0 spiro atoms. The number of aliphatic carboxylic acids is 1. The minimum Gasteiger partial charge on any atom is -0.481 e. The lowest BCUT2D eigenvalue weighted by Crippen LogP contribution is -2.44. The average Bonchev–Trinajstić information content (AvgIpc) is 3.07. The molecule has 2 aromatic rings. The Labute approximate surface area is 144 Å². The highest BCUT2D eigenvalue weighted by molar-refractivity contribution is 6.35. The molecule has 4 rings (SSSR count). The largest absolute Gasteiger partial charge is 0.481 e.